The van der Waals surface area contributed by atoms with E-state index in [0.717, 1.165) is 21.9 Å². The second kappa shape index (κ2) is 9.66. The van der Waals surface area contributed by atoms with E-state index in [1.807, 2.05) is 6.92 Å². The van der Waals surface area contributed by atoms with Gasteiger partial charge in [-0.05, 0) is 60.5 Å². The summed E-state index contributed by atoms with van der Waals surface area (Å²) in [7, 11) is 1.56. The van der Waals surface area contributed by atoms with Crippen molar-refractivity contribution >= 4 is 34.2 Å². The molecule has 11 heteroatoms. The van der Waals surface area contributed by atoms with Crippen LogP contribution in [0.5, 0.6) is 17.4 Å². The number of hydrogen-bond donors (Lipinski definition) is 0. The monoisotopic (exact) mass is 522 g/mol. The first kappa shape index (κ1) is 25.0. The molecule has 0 atom stereocenters. The Balaban J connectivity index is 1.43. The van der Waals surface area contributed by atoms with E-state index in [1.54, 1.807) is 43.5 Å². The Kier molecular flexibility index (Phi) is 6.35. The molecule has 1 fully saturated rings. The van der Waals surface area contributed by atoms with Gasteiger partial charge in [0.25, 0.3) is 5.91 Å². The van der Waals surface area contributed by atoms with Crippen molar-refractivity contribution in [1.29, 1.82) is 0 Å². The molecule has 1 aliphatic rings. The van der Waals surface area contributed by atoms with Crippen molar-refractivity contribution in [3.05, 3.63) is 78.1 Å². The lowest BCUT2D eigenvalue weighted by molar-refractivity contribution is -0.137. The van der Waals surface area contributed by atoms with E-state index in [1.165, 1.54) is 18.5 Å². The third kappa shape index (κ3) is 4.58. The maximum absolute atomic E-state index is 13.2. The van der Waals surface area contributed by atoms with Crippen LogP contribution >= 0.6 is 0 Å². The van der Waals surface area contributed by atoms with Crippen LogP contribution in [0.1, 0.15) is 18.1 Å². The molecule has 194 valence electrons. The van der Waals surface area contributed by atoms with Crippen LogP contribution in [0.25, 0.3) is 10.9 Å². The molecular weight excluding hydrogens is 501 g/mol. The minimum atomic E-state index is -4.57. The molecule has 3 aromatic carbocycles. The topological polar surface area (TPSA) is 84.9 Å². The van der Waals surface area contributed by atoms with E-state index >= 15 is 0 Å². The van der Waals surface area contributed by atoms with Gasteiger partial charge in [0.15, 0.2) is 0 Å². The molecule has 0 saturated carbocycles. The number of aryl methyl sites for hydroxylation is 1. The number of anilines is 2. The van der Waals surface area contributed by atoms with Crippen molar-refractivity contribution in [3.63, 3.8) is 0 Å². The molecule has 0 radical (unpaired) electrons. The Labute approximate surface area is 215 Å². The highest BCUT2D eigenvalue weighted by Crippen LogP contribution is 2.36. The van der Waals surface area contributed by atoms with E-state index in [9.17, 15) is 22.8 Å². The van der Waals surface area contributed by atoms with E-state index in [0.29, 0.717) is 46.0 Å². The van der Waals surface area contributed by atoms with Gasteiger partial charge < -0.3 is 9.47 Å². The van der Waals surface area contributed by atoms with Crippen LogP contribution in [0.3, 0.4) is 0 Å². The van der Waals surface area contributed by atoms with Crippen LogP contribution in [0.15, 0.2) is 67.0 Å². The largest absolute Gasteiger partial charge is 0.497 e. The number of amides is 3. The lowest BCUT2D eigenvalue weighted by Crippen LogP contribution is -2.33. The average molecular weight is 522 g/mol. The number of carbonyl (C=O) groups excluding carboxylic acids is 2. The summed E-state index contributed by atoms with van der Waals surface area (Å²) in [5.41, 5.74) is 0.687. The minimum absolute atomic E-state index is 0.00838. The molecule has 0 bridgehead atoms. The number of rotatable bonds is 6. The van der Waals surface area contributed by atoms with Crippen molar-refractivity contribution in [2.75, 3.05) is 23.5 Å². The maximum atomic E-state index is 13.2. The van der Waals surface area contributed by atoms with E-state index in [2.05, 4.69) is 9.97 Å². The molecule has 0 spiro atoms. The fraction of sp³-hybridized carbons (Fsp3) is 0.185. The SMILES string of the molecule is CCc1cc(Oc2ncnc3cc(OC)ccc23)ccc1N1C(=O)CN(c2cccc(C(F)(F)F)c2)C1=O. The van der Waals surface area contributed by atoms with Gasteiger partial charge in [-0.25, -0.2) is 19.7 Å². The van der Waals surface area contributed by atoms with Crippen molar-refractivity contribution in [2.24, 2.45) is 0 Å². The van der Waals surface area contributed by atoms with Gasteiger partial charge in [-0.1, -0.05) is 13.0 Å². The summed E-state index contributed by atoms with van der Waals surface area (Å²) in [6.45, 7) is 1.47. The third-order valence-electron chi connectivity index (χ3n) is 6.14. The molecular formula is C27H21F3N4O4. The number of alkyl halides is 3. The summed E-state index contributed by atoms with van der Waals surface area (Å²) in [6.07, 6.45) is -2.75. The predicted molar refractivity (Wildman–Crippen MR) is 134 cm³/mol. The predicted octanol–water partition coefficient (Wildman–Crippen LogP) is 5.99. The quantitative estimate of drug-likeness (QED) is 0.290. The Morgan fingerprint density at radius 1 is 0.974 bits per heavy atom. The number of nitrogens with zero attached hydrogens (tertiary/aromatic N) is 4. The molecule has 0 N–H and O–H groups in total. The van der Waals surface area contributed by atoms with Gasteiger partial charge in [-0.3, -0.25) is 9.69 Å². The van der Waals surface area contributed by atoms with Crippen molar-refractivity contribution in [3.8, 4) is 17.4 Å². The molecule has 5 rings (SSSR count). The highest BCUT2D eigenvalue weighted by Gasteiger charge is 2.40. The van der Waals surface area contributed by atoms with E-state index in [-0.39, 0.29) is 12.2 Å². The molecule has 3 amide bonds. The zero-order chi connectivity index (χ0) is 27.0. The van der Waals surface area contributed by atoms with Gasteiger partial charge in [0, 0.05) is 11.8 Å². The smallest absolute Gasteiger partial charge is 0.416 e. The molecule has 0 aliphatic carbocycles. The van der Waals surface area contributed by atoms with Crippen LogP contribution in [-0.2, 0) is 17.4 Å². The summed E-state index contributed by atoms with van der Waals surface area (Å²) in [5.74, 6) is 0.831. The molecule has 8 nitrogen and oxygen atoms in total. The summed E-state index contributed by atoms with van der Waals surface area (Å²) in [5, 5.41) is 0.664. The van der Waals surface area contributed by atoms with E-state index in [4.69, 9.17) is 9.47 Å². The lowest BCUT2D eigenvalue weighted by Gasteiger charge is -2.20. The Morgan fingerprint density at radius 3 is 2.50 bits per heavy atom. The molecule has 4 aromatic rings. The number of benzene rings is 3. The van der Waals surface area contributed by atoms with Crippen LogP contribution in [0, 0.1) is 0 Å². The van der Waals surface area contributed by atoms with Gasteiger partial charge in [0.05, 0.1) is 29.3 Å². The molecule has 38 heavy (non-hydrogen) atoms. The molecule has 1 saturated heterocycles. The summed E-state index contributed by atoms with van der Waals surface area (Å²) in [4.78, 5) is 36.6. The van der Waals surface area contributed by atoms with Crippen molar-refractivity contribution in [1.82, 2.24) is 9.97 Å². The highest BCUT2D eigenvalue weighted by atomic mass is 19.4. The number of aromatic nitrogens is 2. The van der Waals surface area contributed by atoms with Crippen LogP contribution in [0.2, 0.25) is 0 Å². The second-order valence-electron chi connectivity index (χ2n) is 8.45. The summed E-state index contributed by atoms with van der Waals surface area (Å²) in [6, 6.07) is 13.8. The van der Waals surface area contributed by atoms with Crippen LogP contribution in [-0.4, -0.2) is 35.6 Å². The van der Waals surface area contributed by atoms with Gasteiger partial charge in [-0.2, -0.15) is 13.2 Å². The Bertz CT molecular complexity index is 1560. The lowest BCUT2D eigenvalue weighted by atomic mass is 10.1. The second-order valence-corrected chi connectivity index (χ2v) is 8.45. The first-order valence-corrected chi connectivity index (χ1v) is 11.6. The number of methoxy groups -OCH3 is 1. The van der Waals surface area contributed by atoms with Gasteiger partial charge in [0.2, 0.25) is 5.88 Å². The number of ether oxygens (including phenoxy) is 2. The van der Waals surface area contributed by atoms with Crippen molar-refractivity contribution in [2.45, 2.75) is 19.5 Å². The van der Waals surface area contributed by atoms with Crippen LogP contribution in [0.4, 0.5) is 29.3 Å². The number of carbonyl (C=O) groups is 2. The highest BCUT2D eigenvalue weighted by molar-refractivity contribution is 6.27. The zero-order valence-corrected chi connectivity index (χ0v) is 20.3. The number of hydrogen-bond acceptors (Lipinski definition) is 6. The fourth-order valence-corrected chi connectivity index (χ4v) is 4.25. The van der Waals surface area contributed by atoms with Crippen LogP contribution < -0.4 is 19.3 Å². The summed E-state index contributed by atoms with van der Waals surface area (Å²) < 4.78 is 50.8. The minimum Gasteiger partial charge on any atom is -0.497 e. The molecule has 1 aromatic heterocycles. The Morgan fingerprint density at radius 2 is 1.76 bits per heavy atom. The van der Waals surface area contributed by atoms with Gasteiger partial charge >= 0.3 is 12.2 Å². The Hall–Kier alpha value is -4.67. The standard InChI is InChI=1S/C27H21F3N4O4/c1-3-16-11-20(38-25-21-9-7-19(37-2)13-22(21)31-15-32-25)8-10-23(16)34-24(35)14-33(26(34)36)18-6-4-5-17(12-18)27(28,29)30/h4-13,15H,3,14H2,1-2H3. The zero-order valence-electron chi connectivity index (χ0n) is 20.3. The fourth-order valence-electron chi connectivity index (χ4n) is 4.25. The van der Waals surface area contributed by atoms with E-state index < -0.39 is 23.7 Å². The van der Waals surface area contributed by atoms with Gasteiger partial charge in [0.1, 0.15) is 24.4 Å². The summed E-state index contributed by atoms with van der Waals surface area (Å²) >= 11 is 0. The first-order valence-electron chi connectivity index (χ1n) is 11.6. The molecule has 2 heterocycles. The first-order chi connectivity index (χ1) is 18.2. The number of urea groups is 1. The third-order valence-corrected chi connectivity index (χ3v) is 6.14. The number of imide groups is 1. The van der Waals surface area contributed by atoms with Gasteiger partial charge in [-0.15, -0.1) is 0 Å². The molecule has 0 unspecified atom stereocenters. The maximum Gasteiger partial charge on any atom is 0.416 e. The van der Waals surface area contributed by atoms with Crippen molar-refractivity contribution < 1.29 is 32.2 Å². The normalized spacial score (nSPS) is 13.9. The average Bonchev–Trinajstić information content (AvgIpc) is 3.21. The number of fused-ring (bicyclic) bond motifs is 1. The molecule has 1 aliphatic heterocycles. The number of halogens is 3.